The molecule has 1 heterocycles. The molecule has 3 heteroatoms. The molecule has 2 N–H and O–H groups in total. The van der Waals surface area contributed by atoms with Crippen LogP contribution in [0.2, 0.25) is 0 Å². The van der Waals surface area contributed by atoms with Crippen molar-refractivity contribution in [3.63, 3.8) is 0 Å². The van der Waals surface area contributed by atoms with Gasteiger partial charge in [-0.25, -0.2) is 0 Å². The van der Waals surface area contributed by atoms with Gasteiger partial charge < -0.3 is 10.3 Å². The Balaban J connectivity index is 2.52. The average molecular weight is 160 g/mol. The summed E-state index contributed by atoms with van der Waals surface area (Å²) in [4.78, 5) is 13.2. The van der Waals surface area contributed by atoms with Crippen LogP contribution in [0, 0.1) is 0 Å². The smallest absolute Gasteiger partial charge is 0.211 e. The van der Waals surface area contributed by atoms with Crippen LogP contribution in [0.1, 0.15) is 0 Å². The van der Waals surface area contributed by atoms with E-state index in [1.807, 2.05) is 30.5 Å². The van der Waals surface area contributed by atoms with Gasteiger partial charge in [0.1, 0.15) is 0 Å². The number of amides is 1. The fourth-order valence-electron chi connectivity index (χ4n) is 1.21. The Kier molecular flexibility index (Phi) is 1.55. The van der Waals surface area contributed by atoms with Crippen LogP contribution in [0.5, 0.6) is 0 Å². The quantitative estimate of drug-likeness (QED) is 0.646. The molecule has 60 valence electrons. The molecule has 0 fully saturated rings. The Labute approximate surface area is 69.4 Å². The van der Waals surface area contributed by atoms with Gasteiger partial charge in [0.05, 0.1) is 0 Å². The number of hydrogen-bond donors (Lipinski definition) is 2. The average Bonchev–Trinajstić information content (AvgIpc) is 2.51. The number of hydrogen-bond acceptors (Lipinski definition) is 1. The van der Waals surface area contributed by atoms with Crippen LogP contribution in [0.4, 0.5) is 5.69 Å². The van der Waals surface area contributed by atoms with E-state index in [-0.39, 0.29) is 0 Å². The maximum atomic E-state index is 10.1. The van der Waals surface area contributed by atoms with Gasteiger partial charge in [0.25, 0.3) is 0 Å². The lowest BCUT2D eigenvalue weighted by molar-refractivity contribution is -0.105. The normalized spacial score (nSPS) is 10.0. The molecule has 3 nitrogen and oxygen atoms in total. The summed E-state index contributed by atoms with van der Waals surface area (Å²) in [6.45, 7) is 0. The molecule has 0 spiro atoms. The molecule has 0 unspecified atom stereocenters. The largest absolute Gasteiger partial charge is 0.361 e. The third-order valence-electron chi connectivity index (χ3n) is 1.78. The van der Waals surface area contributed by atoms with Crippen molar-refractivity contribution in [1.29, 1.82) is 0 Å². The van der Waals surface area contributed by atoms with Crippen LogP contribution < -0.4 is 5.32 Å². The summed E-state index contributed by atoms with van der Waals surface area (Å²) in [5.41, 5.74) is 1.84. The van der Waals surface area contributed by atoms with Crippen molar-refractivity contribution in [3.8, 4) is 0 Å². The van der Waals surface area contributed by atoms with Crippen molar-refractivity contribution in [3.05, 3.63) is 30.5 Å². The van der Waals surface area contributed by atoms with E-state index in [1.165, 1.54) is 0 Å². The van der Waals surface area contributed by atoms with Crippen LogP contribution in [-0.4, -0.2) is 11.4 Å². The summed E-state index contributed by atoms with van der Waals surface area (Å²) in [6, 6.07) is 7.70. The highest BCUT2D eigenvalue weighted by Gasteiger charge is 1.94. The van der Waals surface area contributed by atoms with Crippen LogP contribution in [-0.2, 0) is 4.79 Å². The van der Waals surface area contributed by atoms with Gasteiger partial charge >= 0.3 is 0 Å². The Bertz CT molecular complexity index is 406. The zero-order valence-electron chi connectivity index (χ0n) is 6.37. The molecule has 2 aromatic rings. The fraction of sp³-hybridized carbons (Fsp3) is 0. The van der Waals surface area contributed by atoms with Gasteiger partial charge in [-0.3, -0.25) is 4.79 Å². The van der Waals surface area contributed by atoms with E-state index in [9.17, 15) is 4.79 Å². The lowest BCUT2D eigenvalue weighted by atomic mass is 10.2. The highest BCUT2D eigenvalue weighted by atomic mass is 16.1. The minimum atomic E-state index is 0.671. The fourth-order valence-corrected chi connectivity index (χ4v) is 1.21. The highest BCUT2D eigenvalue weighted by molar-refractivity contribution is 5.85. The molecular weight excluding hydrogens is 152 g/mol. The van der Waals surface area contributed by atoms with Crippen molar-refractivity contribution in [2.75, 3.05) is 5.32 Å². The van der Waals surface area contributed by atoms with Crippen molar-refractivity contribution in [2.24, 2.45) is 0 Å². The van der Waals surface area contributed by atoms with Gasteiger partial charge in [0.2, 0.25) is 6.41 Å². The number of rotatable bonds is 2. The number of carbonyl (C=O) groups is 1. The predicted molar refractivity (Wildman–Crippen MR) is 48.0 cm³/mol. The van der Waals surface area contributed by atoms with Crippen LogP contribution in [0.25, 0.3) is 10.9 Å². The zero-order chi connectivity index (χ0) is 8.39. The highest BCUT2D eigenvalue weighted by Crippen LogP contribution is 2.16. The molecule has 0 bridgehead atoms. The Morgan fingerprint density at radius 2 is 2.25 bits per heavy atom. The first-order valence-electron chi connectivity index (χ1n) is 3.67. The number of anilines is 1. The van der Waals surface area contributed by atoms with Gasteiger partial charge in [-0.1, -0.05) is 6.07 Å². The lowest BCUT2D eigenvalue weighted by Gasteiger charge is -1.96. The maximum Gasteiger partial charge on any atom is 0.211 e. The Morgan fingerprint density at radius 1 is 1.33 bits per heavy atom. The molecule has 1 aromatic carbocycles. The van der Waals surface area contributed by atoms with E-state index < -0.39 is 0 Å². The summed E-state index contributed by atoms with van der Waals surface area (Å²) in [6.07, 6.45) is 2.54. The van der Waals surface area contributed by atoms with Crippen LogP contribution in [0.3, 0.4) is 0 Å². The summed E-state index contributed by atoms with van der Waals surface area (Å²) in [5.74, 6) is 0. The number of fused-ring (bicyclic) bond motifs is 1. The molecule has 0 aliphatic heterocycles. The third-order valence-corrected chi connectivity index (χ3v) is 1.78. The summed E-state index contributed by atoms with van der Waals surface area (Å²) >= 11 is 0. The second kappa shape index (κ2) is 2.70. The topological polar surface area (TPSA) is 44.9 Å². The number of aromatic amines is 1. The van der Waals surface area contributed by atoms with E-state index >= 15 is 0 Å². The van der Waals surface area contributed by atoms with Crippen LogP contribution in [0.15, 0.2) is 30.5 Å². The van der Waals surface area contributed by atoms with Gasteiger partial charge in [0.15, 0.2) is 0 Å². The van der Waals surface area contributed by atoms with E-state index in [2.05, 4.69) is 10.3 Å². The van der Waals surface area contributed by atoms with E-state index in [0.717, 1.165) is 16.6 Å². The molecule has 0 radical (unpaired) electrons. The molecule has 0 saturated carbocycles. The van der Waals surface area contributed by atoms with Gasteiger partial charge in [-0.15, -0.1) is 0 Å². The van der Waals surface area contributed by atoms with E-state index in [4.69, 9.17) is 0 Å². The first kappa shape index (κ1) is 6.91. The number of aromatic nitrogens is 1. The second-order valence-electron chi connectivity index (χ2n) is 2.54. The van der Waals surface area contributed by atoms with Crippen molar-refractivity contribution in [2.45, 2.75) is 0 Å². The van der Waals surface area contributed by atoms with Crippen molar-refractivity contribution in [1.82, 2.24) is 4.98 Å². The first-order chi connectivity index (χ1) is 5.90. The number of nitrogens with one attached hydrogen (secondary N) is 2. The number of H-pyrrole nitrogens is 1. The lowest BCUT2D eigenvalue weighted by Crippen LogP contribution is -1.92. The minimum absolute atomic E-state index is 0.671. The monoisotopic (exact) mass is 160 g/mol. The van der Waals surface area contributed by atoms with Gasteiger partial charge in [0, 0.05) is 17.4 Å². The van der Waals surface area contributed by atoms with E-state index in [0.29, 0.717) is 6.41 Å². The molecule has 2 rings (SSSR count). The molecular formula is C9H8N2O. The standard InChI is InChI=1S/C9H8N2O/c12-6-11-8-2-1-7-3-4-10-9(7)5-8/h1-6,10H,(H,11,12). The summed E-state index contributed by atoms with van der Waals surface area (Å²) < 4.78 is 0. The maximum absolute atomic E-state index is 10.1. The molecule has 0 aliphatic rings. The Morgan fingerprint density at radius 3 is 3.08 bits per heavy atom. The van der Waals surface area contributed by atoms with E-state index in [1.54, 1.807) is 0 Å². The van der Waals surface area contributed by atoms with Gasteiger partial charge in [-0.2, -0.15) is 0 Å². The third kappa shape index (κ3) is 1.05. The molecule has 0 aliphatic carbocycles. The molecule has 0 saturated heterocycles. The van der Waals surface area contributed by atoms with Crippen molar-refractivity contribution >= 4 is 23.0 Å². The minimum Gasteiger partial charge on any atom is -0.361 e. The van der Waals surface area contributed by atoms with Gasteiger partial charge in [-0.05, 0) is 23.6 Å². The van der Waals surface area contributed by atoms with Crippen molar-refractivity contribution < 1.29 is 4.79 Å². The molecule has 1 amide bonds. The zero-order valence-corrected chi connectivity index (χ0v) is 6.37. The number of carbonyl (C=O) groups excluding carboxylic acids is 1. The summed E-state index contributed by atoms with van der Waals surface area (Å²) in [7, 11) is 0. The molecule has 0 atom stereocenters. The molecule has 1 aromatic heterocycles. The first-order valence-corrected chi connectivity index (χ1v) is 3.67. The summed E-state index contributed by atoms with van der Waals surface area (Å²) in [5, 5.41) is 3.73. The molecule has 12 heavy (non-hydrogen) atoms. The number of benzene rings is 1. The second-order valence-corrected chi connectivity index (χ2v) is 2.54. The predicted octanol–water partition coefficient (Wildman–Crippen LogP) is 1.74. The Hall–Kier alpha value is -1.77. The SMILES string of the molecule is O=CNc1ccc2cc[nH]c2c1. The van der Waals surface area contributed by atoms with Crippen LogP contribution >= 0.6 is 0 Å².